The van der Waals surface area contributed by atoms with E-state index >= 15 is 0 Å². The highest BCUT2D eigenvalue weighted by Crippen LogP contribution is 2.16. The highest BCUT2D eigenvalue weighted by molar-refractivity contribution is 7.87. The zero-order valence-electron chi connectivity index (χ0n) is 12.6. The monoisotopic (exact) mass is 312 g/mol. The van der Waals surface area contributed by atoms with E-state index in [1.165, 1.54) is 4.31 Å². The van der Waals surface area contributed by atoms with Gasteiger partial charge in [0.2, 0.25) is 0 Å². The fraction of sp³-hybridized carbons (Fsp3) is 0.571. The molecule has 1 unspecified atom stereocenters. The Morgan fingerprint density at radius 3 is 2.43 bits per heavy atom. The number of nitrogens with one attached hydrogen (secondary N) is 2. The molecule has 0 radical (unpaired) electrons. The summed E-state index contributed by atoms with van der Waals surface area (Å²) in [5.41, 5.74) is 0.977. The van der Waals surface area contributed by atoms with Gasteiger partial charge in [-0.1, -0.05) is 30.3 Å². The van der Waals surface area contributed by atoms with Gasteiger partial charge in [0.25, 0.3) is 10.2 Å². The molecule has 1 atom stereocenters. The Labute approximate surface area is 127 Å². The zero-order chi connectivity index (χ0) is 15.3. The molecule has 1 heterocycles. The Bertz CT molecular complexity index is 527. The molecule has 1 aliphatic heterocycles. The van der Waals surface area contributed by atoms with Crippen molar-refractivity contribution >= 4 is 10.2 Å². The minimum absolute atomic E-state index is 0.249. The van der Waals surface area contributed by atoms with Crippen molar-refractivity contribution in [3.05, 3.63) is 35.9 Å². The molecule has 1 aliphatic rings. The van der Waals surface area contributed by atoms with Crippen LogP contribution in [0.15, 0.2) is 30.3 Å². The van der Waals surface area contributed by atoms with Crippen molar-refractivity contribution in [2.75, 3.05) is 46.8 Å². The molecule has 1 saturated heterocycles. The second kappa shape index (κ2) is 7.33. The number of likely N-dealkylation sites (N-methyl/N-ethyl adjacent to an activating group) is 1. The summed E-state index contributed by atoms with van der Waals surface area (Å²) in [7, 11) is 0.419. The van der Waals surface area contributed by atoms with Gasteiger partial charge in [0.05, 0.1) is 6.04 Å². The third-order valence-electron chi connectivity index (χ3n) is 3.46. The van der Waals surface area contributed by atoms with Crippen LogP contribution in [0.5, 0.6) is 0 Å². The van der Waals surface area contributed by atoms with Crippen molar-refractivity contribution in [3.8, 4) is 0 Å². The number of nitrogens with zero attached hydrogens (tertiary/aromatic N) is 2. The van der Waals surface area contributed by atoms with Gasteiger partial charge < -0.3 is 10.2 Å². The lowest BCUT2D eigenvalue weighted by molar-refractivity contribution is 0.333. The predicted molar refractivity (Wildman–Crippen MR) is 84.2 cm³/mol. The maximum absolute atomic E-state index is 12.5. The third kappa shape index (κ3) is 4.76. The van der Waals surface area contributed by atoms with Crippen LogP contribution in [-0.4, -0.2) is 64.4 Å². The van der Waals surface area contributed by atoms with E-state index in [4.69, 9.17) is 0 Å². The molecule has 0 bridgehead atoms. The minimum atomic E-state index is -3.46. The summed E-state index contributed by atoms with van der Waals surface area (Å²) in [6.45, 7) is 3.04. The summed E-state index contributed by atoms with van der Waals surface area (Å²) >= 11 is 0. The SMILES string of the molecule is CN(C)CC(NS(=O)(=O)N1CCNCC1)c1ccccc1. The molecule has 1 fully saturated rings. The molecular weight excluding hydrogens is 288 g/mol. The van der Waals surface area contributed by atoms with Crippen LogP contribution in [0.25, 0.3) is 0 Å². The van der Waals surface area contributed by atoms with Gasteiger partial charge in [-0.05, 0) is 19.7 Å². The van der Waals surface area contributed by atoms with Crippen LogP contribution in [0.2, 0.25) is 0 Å². The predicted octanol–water partition coefficient (Wildman–Crippen LogP) is 0.0289. The molecule has 7 heteroatoms. The first kappa shape index (κ1) is 16.4. The summed E-state index contributed by atoms with van der Waals surface area (Å²) in [5, 5.41) is 3.16. The Balaban J connectivity index is 2.14. The molecule has 2 rings (SSSR count). The molecule has 2 N–H and O–H groups in total. The summed E-state index contributed by atoms with van der Waals surface area (Å²) in [5.74, 6) is 0. The maximum atomic E-state index is 12.5. The van der Waals surface area contributed by atoms with Gasteiger partial charge in [0.1, 0.15) is 0 Å². The first-order valence-corrected chi connectivity index (χ1v) is 8.61. The molecule has 0 aliphatic carbocycles. The molecule has 0 aromatic heterocycles. The van der Waals surface area contributed by atoms with Gasteiger partial charge in [-0.2, -0.15) is 17.4 Å². The summed E-state index contributed by atoms with van der Waals surface area (Å²) in [6.07, 6.45) is 0. The topological polar surface area (TPSA) is 64.7 Å². The standard InChI is InChI=1S/C14H24N4O2S/c1-17(2)12-14(13-6-4-3-5-7-13)16-21(19,20)18-10-8-15-9-11-18/h3-7,14-16H,8-12H2,1-2H3. The van der Waals surface area contributed by atoms with Gasteiger partial charge in [0.15, 0.2) is 0 Å². The van der Waals surface area contributed by atoms with Gasteiger partial charge in [-0.25, -0.2) is 0 Å². The quantitative estimate of drug-likeness (QED) is 0.778. The second-order valence-electron chi connectivity index (χ2n) is 5.50. The highest BCUT2D eigenvalue weighted by Gasteiger charge is 2.27. The maximum Gasteiger partial charge on any atom is 0.280 e. The van der Waals surface area contributed by atoms with Crippen molar-refractivity contribution < 1.29 is 8.42 Å². The first-order chi connectivity index (χ1) is 9.99. The number of rotatable bonds is 6. The number of piperazine rings is 1. The summed E-state index contributed by atoms with van der Waals surface area (Å²) < 4.78 is 29.4. The van der Waals surface area contributed by atoms with Crippen LogP contribution in [0, 0.1) is 0 Å². The van der Waals surface area contributed by atoms with Crippen LogP contribution in [-0.2, 0) is 10.2 Å². The fourth-order valence-corrected chi connectivity index (χ4v) is 3.78. The Morgan fingerprint density at radius 1 is 1.24 bits per heavy atom. The zero-order valence-corrected chi connectivity index (χ0v) is 13.4. The van der Waals surface area contributed by atoms with E-state index in [1.54, 1.807) is 0 Å². The van der Waals surface area contributed by atoms with Crippen LogP contribution < -0.4 is 10.0 Å². The first-order valence-electron chi connectivity index (χ1n) is 7.17. The van der Waals surface area contributed by atoms with Crippen molar-refractivity contribution in [3.63, 3.8) is 0 Å². The lowest BCUT2D eigenvalue weighted by atomic mass is 10.1. The lowest BCUT2D eigenvalue weighted by Crippen LogP contribution is -2.51. The van der Waals surface area contributed by atoms with Crippen molar-refractivity contribution in [1.29, 1.82) is 0 Å². The smallest absolute Gasteiger partial charge is 0.280 e. The molecule has 1 aromatic rings. The van der Waals surface area contributed by atoms with E-state index in [2.05, 4.69) is 10.0 Å². The molecule has 6 nitrogen and oxygen atoms in total. The molecule has 1 aromatic carbocycles. The van der Waals surface area contributed by atoms with Crippen molar-refractivity contribution in [2.45, 2.75) is 6.04 Å². The van der Waals surface area contributed by atoms with E-state index in [1.807, 2.05) is 49.3 Å². The van der Waals surface area contributed by atoms with Crippen molar-refractivity contribution in [1.82, 2.24) is 19.2 Å². The van der Waals surface area contributed by atoms with Crippen LogP contribution in [0.1, 0.15) is 11.6 Å². The average Bonchev–Trinajstić information content (AvgIpc) is 2.48. The normalized spacial score (nSPS) is 18.8. The van der Waals surface area contributed by atoms with E-state index in [0.717, 1.165) is 5.56 Å². The van der Waals surface area contributed by atoms with Crippen molar-refractivity contribution in [2.24, 2.45) is 0 Å². The van der Waals surface area contributed by atoms with Crippen LogP contribution in [0.3, 0.4) is 0 Å². The minimum Gasteiger partial charge on any atom is -0.314 e. The Morgan fingerprint density at radius 2 is 1.86 bits per heavy atom. The van der Waals surface area contributed by atoms with Gasteiger partial charge in [0, 0.05) is 32.7 Å². The Kier molecular flexibility index (Phi) is 5.72. The van der Waals surface area contributed by atoms with Gasteiger partial charge in [-0.3, -0.25) is 0 Å². The third-order valence-corrected chi connectivity index (χ3v) is 5.08. The van der Waals surface area contributed by atoms with E-state index in [0.29, 0.717) is 32.7 Å². The van der Waals surface area contributed by atoms with Crippen LogP contribution in [0.4, 0.5) is 0 Å². The molecule has 118 valence electrons. The average molecular weight is 312 g/mol. The molecule has 21 heavy (non-hydrogen) atoms. The van der Waals surface area contributed by atoms with Gasteiger partial charge >= 0.3 is 0 Å². The number of hydrogen-bond donors (Lipinski definition) is 2. The molecule has 0 amide bonds. The molecule has 0 saturated carbocycles. The summed E-state index contributed by atoms with van der Waals surface area (Å²) in [4.78, 5) is 1.98. The summed E-state index contributed by atoms with van der Waals surface area (Å²) in [6, 6.07) is 9.44. The fourth-order valence-electron chi connectivity index (χ4n) is 2.40. The highest BCUT2D eigenvalue weighted by atomic mass is 32.2. The van der Waals surface area contributed by atoms with E-state index in [9.17, 15) is 8.42 Å². The number of benzene rings is 1. The van der Waals surface area contributed by atoms with Crippen LogP contribution >= 0.6 is 0 Å². The van der Waals surface area contributed by atoms with E-state index < -0.39 is 10.2 Å². The molecule has 0 spiro atoms. The van der Waals surface area contributed by atoms with E-state index in [-0.39, 0.29) is 6.04 Å². The lowest BCUT2D eigenvalue weighted by Gasteiger charge is -2.30. The van der Waals surface area contributed by atoms with Gasteiger partial charge in [-0.15, -0.1) is 0 Å². The molecular formula is C14H24N4O2S. The second-order valence-corrected chi connectivity index (χ2v) is 7.20. The Hall–Kier alpha value is -0.990. The largest absolute Gasteiger partial charge is 0.314 e. The number of hydrogen-bond acceptors (Lipinski definition) is 4.